The Balaban J connectivity index is 1.92. The van der Waals surface area contributed by atoms with Gasteiger partial charge in [-0.2, -0.15) is 0 Å². The lowest BCUT2D eigenvalue weighted by Gasteiger charge is -2.15. The van der Waals surface area contributed by atoms with E-state index >= 15 is 0 Å². The highest BCUT2D eigenvalue weighted by molar-refractivity contribution is 8.00. The van der Waals surface area contributed by atoms with Crippen LogP contribution in [0.25, 0.3) is 0 Å². The molecule has 22 heavy (non-hydrogen) atoms. The summed E-state index contributed by atoms with van der Waals surface area (Å²) in [5, 5.41) is 2.86. The van der Waals surface area contributed by atoms with Crippen LogP contribution < -0.4 is 11.1 Å². The molecule has 0 spiro atoms. The third-order valence-corrected chi connectivity index (χ3v) is 4.67. The van der Waals surface area contributed by atoms with Crippen molar-refractivity contribution in [1.82, 2.24) is 10.2 Å². The summed E-state index contributed by atoms with van der Waals surface area (Å²) in [7, 11) is 0. The van der Waals surface area contributed by atoms with E-state index in [1.165, 1.54) is 11.8 Å². The van der Waals surface area contributed by atoms with Crippen molar-refractivity contribution in [2.45, 2.75) is 24.2 Å². The van der Waals surface area contributed by atoms with Gasteiger partial charge < -0.3 is 16.0 Å². The molecule has 3 N–H and O–H groups in total. The summed E-state index contributed by atoms with van der Waals surface area (Å²) < 4.78 is 0. The first-order valence-corrected chi connectivity index (χ1v) is 8.69. The van der Waals surface area contributed by atoms with Crippen LogP contribution in [0.5, 0.6) is 0 Å². The highest BCUT2D eigenvalue weighted by Gasteiger charge is 2.19. The molecule has 0 unspecified atom stereocenters. The summed E-state index contributed by atoms with van der Waals surface area (Å²) in [5.41, 5.74) is 6.05. The molecule has 1 aliphatic heterocycles. The van der Waals surface area contributed by atoms with Crippen LogP contribution in [0, 0.1) is 0 Å². The molecule has 1 aliphatic rings. The summed E-state index contributed by atoms with van der Waals surface area (Å²) in [6, 6.07) is 7.41. The van der Waals surface area contributed by atoms with E-state index in [-0.39, 0.29) is 11.8 Å². The van der Waals surface area contributed by atoms with Crippen molar-refractivity contribution in [3.8, 4) is 0 Å². The maximum atomic E-state index is 12.2. The van der Waals surface area contributed by atoms with Gasteiger partial charge in [0.2, 0.25) is 5.91 Å². The van der Waals surface area contributed by atoms with Crippen LogP contribution in [0.4, 0.5) is 0 Å². The Morgan fingerprint density at radius 1 is 1.23 bits per heavy atom. The molecule has 0 atom stereocenters. The summed E-state index contributed by atoms with van der Waals surface area (Å²) >= 11 is 1.43. The Morgan fingerprint density at radius 2 is 1.95 bits per heavy atom. The SMILES string of the molecule is NCCCNC(=O)c1ccccc1SCC(=O)N1CCCC1. The number of likely N-dealkylation sites (tertiary alicyclic amines) is 1. The van der Waals surface area contributed by atoms with Crippen LogP contribution in [0.3, 0.4) is 0 Å². The molecule has 2 amide bonds. The van der Waals surface area contributed by atoms with Gasteiger partial charge in [-0.1, -0.05) is 12.1 Å². The van der Waals surface area contributed by atoms with E-state index in [2.05, 4.69) is 5.32 Å². The third kappa shape index (κ3) is 4.74. The average Bonchev–Trinajstić information content (AvgIpc) is 3.07. The number of nitrogens with zero attached hydrogens (tertiary/aromatic N) is 1. The molecule has 1 fully saturated rings. The standard InChI is InChI=1S/C16H23N3O2S/c17-8-5-9-18-16(21)13-6-1-2-7-14(13)22-12-15(20)19-10-3-4-11-19/h1-2,6-7H,3-5,8-12,17H2,(H,18,21). The monoisotopic (exact) mass is 321 g/mol. The first-order valence-electron chi connectivity index (χ1n) is 7.70. The Bertz CT molecular complexity index is 516. The highest BCUT2D eigenvalue weighted by Crippen LogP contribution is 2.23. The molecule has 1 heterocycles. The molecular weight excluding hydrogens is 298 g/mol. The van der Waals surface area contributed by atoms with Gasteiger partial charge in [0, 0.05) is 24.5 Å². The van der Waals surface area contributed by atoms with Crippen LogP contribution in [-0.4, -0.2) is 48.6 Å². The quantitative estimate of drug-likeness (QED) is 0.589. The zero-order valence-electron chi connectivity index (χ0n) is 12.7. The van der Waals surface area contributed by atoms with Crippen molar-refractivity contribution < 1.29 is 9.59 Å². The van der Waals surface area contributed by atoms with E-state index in [9.17, 15) is 9.59 Å². The number of nitrogens with two attached hydrogens (primary N) is 1. The van der Waals surface area contributed by atoms with Crippen LogP contribution in [0.2, 0.25) is 0 Å². The smallest absolute Gasteiger partial charge is 0.252 e. The number of hydrogen-bond donors (Lipinski definition) is 2. The molecule has 1 saturated heterocycles. The van der Waals surface area contributed by atoms with Crippen molar-refractivity contribution in [3.05, 3.63) is 29.8 Å². The van der Waals surface area contributed by atoms with Crippen molar-refractivity contribution >= 4 is 23.6 Å². The van der Waals surface area contributed by atoms with E-state index < -0.39 is 0 Å². The number of amides is 2. The van der Waals surface area contributed by atoms with Crippen LogP contribution in [0.1, 0.15) is 29.6 Å². The number of carbonyl (C=O) groups is 2. The molecule has 0 aromatic heterocycles. The van der Waals surface area contributed by atoms with Crippen molar-refractivity contribution in [1.29, 1.82) is 0 Å². The number of thioether (sulfide) groups is 1. The predicted octanol–water partition coefficient (Wildman–Crippen LogP) is 1.48. The van der Waals surface area contributed by atoms with Gasteiger partial charge >= 0.3 is 0 Å². The molecule has 1 aromatic rings. The van der Waals surface area contributed by atoms with E-state index in [1.54, 1.807) is 6.07 Å². The van der Waals surface area contributed by atoms with Gasteiger partial charge in [-0.15, -0.1) is 11.8 Å². The largest absolute Gasteiger partial charge is 0.352 e. The molecule has 0 aliphatic carbocycles. The van der Waals surface area contributed by atoms with Gasteiger partial charge in [0.1, 0.15) is 0 Å². The fraction of sp³-hybridized carbons (Fsp3) is 0.500. The lowest BCUT2D eigenvalue weighted by molar-refractivity contribution is -0.127. The molecule has 2 rings (SSSR count). The van der Waals surface area contributed by atoms with E-state index in [0.29, 0.717) is 24.4 Å². The highest BCUT2D eigenvalue weighted by atomic mass is 32.2. The van der Waals surface area contributed by atoms with Gasteiger partial charge in [0.05, 0.1) is 11.3 Å². The van der Waals surface area contributed by atoms with Crippen LogP contribution in [0.15, 0.2) is 29.2 Å². The molecule has 0 saturated carbocycles. The fourth-order valence-corrected chi connectivity index (χ4v) is 3.33. The lowest BCUT2D eigenvalue weighted by atomic mass is 10.2. The number of nitrogens with one attached hydrogen (secondary N) is 1. The van der Waals surface area contributed by atoms with Gasteiger partial charge in [0.25, 0.3) is 5.91 Å². The minimum atomic E-state index is -0.106. The average molecular weight is 321 g/mol. The molecule has 0 bridgehead atoms. The summed E-state index contributed by atoms with van der Waals surface area (Å²) in [4.78, 5) is 27.0. The van der Waals surface area contributed by atoms with Gasteiger partial charge in [0.15, 0.2) is 0 Å². The van der Waals surface area contributed by atoms with Crippen molar-refractivity contribution in [3.63, 3.8) is 0 Å². The number of rotatable bonds is 7. The molecule has 1 aromatic carbocycles. The van der Waals surface area contributed by atoms with Crippen LogP contribution >= 0.6 is 11.8 Å². The number of benzene rings is 1. The minimum absolute atomic E-state index is 0.106. The van der Waals surface area contributed by atoms with Crippen LogP contribution in [-0.2, 0) is 4.79 Å². The third-order valence-electron chi connectivity index (χ3n) is 3.61. The first kappa shape index (κ1) is 16.8. The zero-order valence-corrected chi connectivity index (χ0v) is 13.5. The van der Waals surface area contributed by atoms with Crippen molar-refractivity contribution in [2.75, 3.05) is 31.9 Å². The second-order valence-electron chi connectivity index (χ2n) is 5.27. The van der Waals surface area contributed by atoms with Gasteiger partial charge in [-0.25, -0.2) is 0 Å². The molecule has 120 valence electrons. The Labute approximate surface area is 135 Å². The molecule has 5 nitrogen and oxygen atoms in total. The summed E-state index contributed by atoms with van der Waals surface area (Å²) in [6.07, 6.45) is 2.95. The second kappa shape index (κ2) is 8.80. The van der Waals surface area contributed by atoms with E-state index in [4.69, 9.17) is 5.73 Å². The second-order valence-corrected chi connectivity index (χ2v) is 6.29. The summed E-state index contributed by atoms with van der Waals surface area (Å²) in [5.74, 6) is 0.429. The number of hydrogen-bond acceptors (Lipinski definition) is 4. The van der Waals surface area contributed by atoms with E-state index in [0.717, 1.165) is 37.2 Å². The zero-order chi connectivity index (χ0) is 15.8. The fourth-order valence-electron chi connectivity index (χ4n) is 2.38. The Kier molecular flexibility index (Phi) is 6.74. The first-order chi connectivity index (χ1) is 10.7. The maximum Gasteiger partial charge on any atom is 0.252 e. The number of carbonyl (C=O) groups excluding carboxylic acids is 2. The van der Waals surface area contributed by atoms with Gasteiger partial charge in [-0.05, 0) is 37.9 Å². The molecular formula is C16H23N3O2S. The Hall–Kier alpha value is -1.53. The molecule has 6 heteroatoms. The molecule has 0 radical (unpaired) electrons. The van der Waals surface area contributed by atoms with Crippen molar-refractivity contribution in [2.24, 2.45) is 5.73 Å². The van der Waals surface area contributed by atoms with Gasteiger partial charge in [-0.3, -0.25) is 9.59 Å². The minimum Gasteiger partial charge on any atom is -0.352 e. The predicted molar refractivity (Wildman–Crippen MR) is 89.0 cm³/mol. The maximum absolute atomic E-state index is 12.2. The normalized spacial score (nSPS) is 14.1. The lowest BCUT2D eigenvalue weighted by Crippen LogP contribution is -2.29. The topological polar surface area (TPSA) is 75.4 Å². The Morgan fingerprint density at radius 3 is 2.68 bits per heavy atom. The summed E-state index contributed by atoms with van der Waals surface area (Å²) in [6.45, 7) is 2.85. The van der Waals surface area contributed by atoms with E-state index in [1.807, 2.05) is 23.1 Å².